The van der Waals surface area contributed by atoms with Crippen LogP contribution in [-0.4, -0.2) is 36.7 Å². The number of aliphatic imine (C=N–C) groups is 1. The summed E-state index contributed by atoms with van der Waals surface area (Å²) in [5, 5.41) is 0.626. The Labute approximate surface area is 112 Å². The van der Waals surface area contributed by atoms with E-state index in [9.17, 15) is 8.42 Å². The van der Waals surface area contributed by atoms with Crippen LogP contribution in [0, 0.1) is 0 Å². The van der Waals surface area contributed by atoms with Gasteiger partial charge in [-0.25, -0.2) is 12.7 Å². The Morgan fingerprint density at radius 1 is 1.33 bits per heavy atom. The zero-order valence-corrected chi connectivity index (χ0v) is 11.9. The molecule has 0 fully saturated rings. The van der Waals surface area contributed by atoms with Crippen LogP contribution < -0.4 is 0 Å². The highest BCUT2D eigenvalue weighted by Crippen LogP contribution is 2.21. The summed E-state index contributed by atoms with van der Waals surface area (Å²) in [6, 6.07) is 9.98. The summed E-state index contributed by atoms with van der Waals surface area (Å²) < 4.78 is 25.1. The van der Waals surface area contributed by atoms with Crippen molar-refractivity contribution in [3.05, 3.63) is 35.9 Å². The average Bonchev–Trinajstić information content (AvgIpc) is 2.87. The van der Waals surface area contributed by atoms with Gasteiger partial charge in [0.05, 0.1) is 18.8 Å². The van der Waals surface area contributed by atoms with Crippen LogP contribution in [-0.2, 0) is 15.8 Å². The smallest absolute Gasteiger partial charge is 0.236 e. The molecule has 1 aliphatic rings. The van der Waals surface area contributed by atoms with Gasteiger partial charge in [-0.15, -0.1) is 0 Å². The van der Waals surface area contributed by atoms with Gasteiger partial charge in [-0.05, 0) is 12.5 Å². The number of benzene rings is 1. The highest BCUT2D eigenvalue weighted by atomic mass is 32.2. The minimum atomic E-state index is -3.17. The monoisotopic (exact) mass is 284 g/mol. The molecule has 4 nitrogen and oxygen atoms in total. The summed E-state index contributed by atoms with van der Waals surface area (Å²) in [4.78, 5) is 4.27. The van der Waals surface area contributed by atoms with Crippen molar-refractivity contribution in [1.29, 1.82) is 0 Å². The Morgan fingerprint density at radius 3 is 2.72 bits per heavy atom. The van der Waals surface area contributed by atoms with E-state index >= 15 is 0 Å². The van der Waals surface area contributed by atoms with Crippen LogP contribution in [0.1, 0.15) is 12.5 Å². The van der Waals surface area contributed by atoms with Crippen molar-refractivity contribution in [2.75, 3.05) is 18.8 Å². The van der Waals surface area contributed by atoms with Gasteiger partial charge in [0.1, 0.15) is 0 Å². The Kier molecular flexibility index (Phi) is 4.29. The topological polar surface area (TPSA) is 49.7 Å². The van der Waals surface area contributed by atoms with Crippen LogP contribution in [0.5, 0.6) is 0 Å². The maximum atomic E-state index is 11.9. The van der Waals surface area contributed by atoms with Crippen molar-refractivity contribution >= 4 is 27.0 Å². The van der Waals surface area contributed by atoms with E-state index in [2.05, 4.69) is 4.99 Å². The fraction of sp³-hybridized carbons (Fsp3) is 0.417. The fourth-order valence-corrected chi connectivity index (χ4v) is 4.04. The Bertz CT molecular complexity index is 526. The van der Waals surface area contributed by atoms with Crippen LogP contribution in [0.2, 0.25) is 0 Å². The molecule has 1 heterocycles. The number of hydrogen-bond acceptors (Lipinski definition) is 4. The van der Waals surface area contributed by atoms with E-state index in [0.717, 1.165) is 5.75 Å². The minimum absolute atomic E-state index is 0.123. The molecule has 0 amide bonds. The normalized spacial score (nSPS) is 15.8. The van der Waals surface area contributed by atoms with Crippen molar-refractivity contribution in [1.82, 2.24) is 4.31 Å². The predicted octanol–water partition coefficient (Wildman–Crippen LogP) is 1.94. The standard InChI is InChI=1S/C12H16N2O2S2/c1-2-18(15,16)14-9-8-13-12(14)17-10-11-6-4-3-5-7-11/h3-7H,2,8-10H2,1H3. The lowest BCUT2D eigenvalue weighted by atomic mass is 10.2. The summed E-state index contributed by atoms with van der Waals surface area (Å²) >= 11 is 1.48. The third-order valence-corrected chi connectivity index (χ3v) is 5.63. The molecule has 98 valence electrons. The van der Waals surface area contributed by atoms with E-state index in [-0.39, 0.29) is 5.75 Å². The van der Waals surface area contributed by atoms with E-state index in [4.69, 9.17) is 0 Å². The quantitative estimate of drug-likeness (QED) is 0.849. The number of hydrogen-bond donors (Lipinski definition) is 0. The Morgan fingerprint density at radius 2 is 2.06 bits per heavy atom. The van der Waals surface area contributed by atoms with Crippen molar-refractivity contribution in [3.8, 4) is 0 Å². The summed E-state index contributed by atoms with van der Waals surface area (Å²) in [5.74, 6) is 0.868. The van der Waals surface area contributed by atoms with Crippen molar-refractivity contribution in [2.24, 2.45) is 4.99 Å². The molecule has 1 aromatic carbocycles. The molecule has 18 heavy (non-hydrogen) atoms. The van der Waals surface area contributed by atoms with Crippen molar-refractivity contribution in [3.63, 3.8) is 0 Å². The molecule has 1 aromatic rings. The highest BCUT2D eigenvalue weighted by Gasteiger charge is 2.27. The molecule has 0 saturated carbocycles. The molecule has 0 bridgehead atoms. The second-order valence-electron chi connectivity index (χ2n) is 3.91. The van der Waals surface area contributed by atoms with E-state index in [0.29, 0.717) is 18.3 Å². The molecule has 0 N–H and O–H groups in total. The zero-order valence-electron chi connectivity index (χ0n) is 10.2. The molecular weight excluding hydrogens is 268 g/mol. The van der Waals surface area contributed by atoms with E-state index in [1.54, 1.807) is 6.92 Å². The van der Waals surface area contributed by atoms with Crippen LogP contribution in [0.4, 0.5) is 0 Å². The molecule has 0 spiro atoms. The molecule has 1 aliphatic heterocycles. The van der Waals surface area contributed by atoms with E-state index < -0.39 is 10.0 Å². The molecule has 0 unspecified atom stereocenters. The lowest BCUT2D eigenvalue weighted by Gasteiger charge is -2.18. The number of sulfonamides is 1. The highest BCUT2D eigenvalue weighted by molar-refractivity contribution is 8.14. The van der Waals surface area contributed by atoms with Gasteiger partial charge in [-0.1, -0.05) is 42.1 Å². The fourth-order valence-electron chi connectivity index (χ4n) is 1.66. The first-order valence-electron chi connectivity index (χ1n) is 5.85. The van der Waals surface area contributed by atoms with Crippen molar-refractivity contribution in [2.45, 2.75) is 12.7 Å². The van der Waals surface area contributed by atoms with E-state index in [1.165, 1.54) is 21.6 Å². The molecule has 0 aromatic heterocycles. The minimum Gasteiger partial charge on any atom is -0.260 e. The lowest BCUT2D eigenvalue weighted by molar-refractivity contribution is 0.541. The number of rotatable bonds is 4. The van der Waals surface area contributed by atoms with Gasteiger partial charge >= 0.3 is 0 Å². The lowest BCUT2D eigenvalue weighted by Crippen LogP contribution is -2.34. The van der Waals surface area contributed by atoms with Crippen LogP contribution in [0.3, 0.4) is 0 Å². The Balaban J connectivity index is 2.01. The second kappa shape index (κ2) is 5.75. The van der Waals surface area contributed by atoms with Gasteiger partial charge in [-0.3, -0.25) is 4.99 Å². The van der Waals surface area contributed by atoms with Crippen LogP contribution in [0.15, 0.2) is 35.3 Å². The second-order valence-corrected chi connectivity index (χ2v) is 7.04. The SMILES string of the molecule is CCS(=O)(=O)N1CCN=C1SCc1ccccc1. The van der Waals surface area contributed by atoms with Gasteiger partial charge < -0.3 is 0 Å². The predicted molar refractivity (Wildman–Crippen MR) is 76.2 cm³/mol. The summed E-state index contributed by atoms with van der Waals surface area (Å²) in [7, 11) is -3.17. The largest absolute Gasteiger partial charge is 0.260 e. The summed E-state index contributed by atoms with van der Waals surface area (Å²) in [6.45, 7) is 2.71. The molecule has 0 atom stereocenters. The first-order valence-corrected chi connectivity index (χ1v) is 8.44. The first-order chi connectivity index (χ1) is 8.63. The molecular formula is C12H16N2O2S2. The maximum absolute atomic E-state index is 11.9. The number of thioether (sulfide) groups is 1. The molecule has 2 rings (SSSR count). The van der Waals surface area contributed by atoms with Gasteiger partial charge in [-0.2, -0.15) is 0 Å². The first kappa shape index (κ1) is 13.4. The molecule has 0 aliphatic carbocycles. The Hall–Kier alpha value is -1.01. The average molecular weight is 284 g/mol. The van der Waals surface area contributed by atoms with Crippen LogP contribution in [0.25, 0.3) is 0 Å². The zero-order chi connectivity index (χ0) is 13.0. The number of amidine groups is 1. The van der Waals surface area contributed by atoms with Gasteiger partial charge in [0.2, 0.25) is 10.0 Å². The third kappa shape index (κ3) is 3.05. The van der Waals surface area contributed by atoms with E-state index in [1.807, 2.05) is 30.3 Å². The molecule has 0 saturated heterocycles. The summed E-state index contributed by atoms with van der Waals surface area (Å²) in [5.41, 5.74) is 1.17. The van der Waals surface area contributed by atoms with Gasteiger partial charge in [0.15, 0.2) is 5.17 Å². The molecule has 0 radical (unpaired) electrons. The van der Waals surface area contributed by atoms with Gasteiger partial charge in [0, 0.05) is 5.75 Å². The number of nitrogens with zero attached hydrogens (tertiary/aromatic N) is 2. The molecule has 6 heteroatoms. The van der Waals surface area contributed by atoms with Crippen LogP contribution >= 0.6 is 11.8 Å². The van der Waals surface area contributed by atoms with Crippen molar-refractivity contribution < 1.29 is 8.42 Å². The summed E-state index contributed by atoms with van der Waals surface area (Å²) in [6.07, 6.45) is 0. The third-order valence-electron chi connectivity index (χ3n) is 2.67. The maximum Gasteiger partial charge on any atom is 0.236 e. The van der Waals surface area contributed by atoms with Gasteiger partial charge in [0.25, 0.3) is 0 Å².